The number of amides is 1. The van der Waals surface area contributed by atoms with E-state index in [-0.39, 0.29) is 11.0 Å². The first-order chi connectivity index (χ1) is 10.0. The van der Waals surface area contributed by atoms with Gasteiger partial charge in [-0.05, 0) is 42.4 Å². The third-order valence-electron chi connectivity index (χ3n) is 2.73. The highest BCUT2D eigenvalue weighted by Gasteiger charge is 2.20. The van der Waals surface area contributed by atoms with Crippen molar-refractivity contribution in [3.63, 3.8) is 0 Å². The third kappa shape index (κ3) is 3.65. The summed E-state index contributed by atoms with van der Waals surface area (Å²) in [5, 5.41) is 5.98. The molecule has 1 aromatic carbocycles. The number of thiocarbonyl (C=S) groups is 1. The molecule has 1 heterocycles. The van der Waals surface area contributed by atoms with Gasteiger partial charge in [-0.25, -0.2) is 0 Å². The molecule has 0 unspecified atom stereocenters. The van der Waals surface area contributed by atoms with E-state index in [2.05, 4.69) is 10.6 Å². The Morgan fingerprint density at radius 3 is 2.71 bits per heavy atom. The molecule has 7 heteroatoms. The summed E-state index contributed by atoms with van der Waals surface area (Å²) in [6.45, 7) is 2.56. The van der Waals surface area contributed by atoms with Crippen LogP contribution in [0, 0.1) is 0 Å². The number of hydrogen-bond donors (Lipinski definition) is 2. The highest BCUT2D eigenvalue weighted by molar-refractivity contribution is 7.80. The standard InChI is InChI=1S/C14H15ClN2O3S/c1-3-4-20-12-9(15)5-8(7-11(12)19-2)6-10-13(18)17-14(21)16-10/h5-7H,3-4H2,1-2H3,(H2,16,17,18,21). The Hall–Kier alpha value is -1.79. The molecule has 0 spiro atoms. The predicted molar refractivity (Wildman–Crippen MR) is 85.6 cm³/mol. The Morgan fingerprint density at radius 1 is 1.38 bits per heavy atom. The zero-order valence-electron chi connectivity index (χ0n) is 11.7. The van der Waals surface area contributed by atoms with Gasteiger partial charge in [0.25, 0.3) is 5.91 Å². The molecule has 0 bridgehead atoms. The van der Waals surface area contributed by atoms with Gasteiger partial charge in [-0.3, -0.25) is 10.1 Å². The highest BCUT2D eigenvalue weighted by Crippen LogP contribution is 2.37. The first-order valence-corrected chi connectivity index (χ1v) is 7.18. The summed E-state index contributed by atoms with van der Waals surface area (Å²) in [5.41, 5.74) is 1.07. The van der Waals surface area contributed by atoms with Crippen molar-refractivity contribution in [3.05, 3.63) is 28.4 Å². The number of methoxy groups -OCH3 is 1. The van der Waals surface area contributed by atoms with Gasteiger partial charge in [-0.2, -0.15) is 0 Å². The van der Waals surface area contributed by atoms with Gasteiger partial charge in [0.05, 0.1) is 18.7 Å². The van der Waals surface area contributed by atoms with Crippen LogP contribution in [0.5, 0.6) is 11.5 Å². The lowest BCUT2D eigenvalue weighted by Gasteiger charge is -2.12. The van der Waals surface area contributed by atoms with Gasteiger partial charge < -0.3 is 14.8 Å². The maximum Gasteiger partial charge on any atom is 0.273 e. The third-order valence-corrected chi connectivity index (χ3v) is 3.22. The van der Waals surface area contributed by atoms with E-state index < -0.39 is 0 Å². The lowest BCUT2D eigenvalue weighted by atomic mass is 10.1. The summed E-state index contributed by atoms with van der Waals surface area (Å²) < 4.78 is 10.9. The van der Waals surface area contributed by atoms with Crippen molar-refractivity contribution in [2.24, 2.45) is 0 Å². The second-order valence-corrected chi connectivity index (χ2v) is 5.16. The van der Waals surface area contributed by atoms with Crippen molar-refractivity contribution in [1.82, 2.24) is 10.6 Å². The minimum absolute atomic E-state index is 0.276. The molecule has 1 aliphatic rings. The predicted octanol–water partition coefficient (Wildman–Crippen LogP) is 2.48. The second kappa shape index (κ2) is 6.78. The van der Waals surface area contributed by atoms with E-state index in [4.69, 9.17) is 33.3 Å². The quantitative estimate of drug-likeness (QED) is 0.643. The Bertz CT molecular complexity index is 616. The number of rotatable bonds is 5. The Morgan fingerprint density at radius 2 is 2.14 bits per heavy atom. The van der Waals surface area contributed by atoms with Crippen LogP contribution in [-0.2, 0) is 4.79 Å². The van der Waals surface area contributed by atoms with E-state index in [0.29, 0.717) is 34.4 Å². The fourth-order valence-corrected chi connectivity index (χ4v) is 2.29. The summed E-state index contributed by atoms with van der Waals surface area (Å²) in [5.74, 6) is 0.743. The van der Waals surface area contributed by atoms with Crippen molar-refractivity contribution in [1.29, 1.82) is 0 Å². The van der Waals surface area contributed by atoms with E-state index >= 15 is 0 Å². The van der Waals surface area contributed by atoms with Crippen LogP contribution in [0.1, 0.15) is 18.9 Å². The van der Waals surface area contributed by atoms with Crippen molar-refractivity contribution in [2.45, 2.75) is 13.3 Å². The molecule has 1 aliphatic heterocycles. The molecule has 0 saturated carbocycles. The van der Waals surface area contributed by atoms with Crippen LogP contribution in [0.25, 0.3) is 6.08 Å². The minimum Gasteiger partial charge on any atom is -0.493 e. The smallest absolute Gasteiger partial charge is 0.273 e. The molecule has 112 valence electrons. The average molecular weight is 327 g/mol. The second-order valence-electron chi connectivity index (χ2n) is 4.35. The lowest BCUT2D eigenvalue weighted by molar-refractivity contribution is -0.115. The molecule has 5 nitrogen and oxygen atoms in total. The number of carbonyl (C=O) groups excluding carboxylic acids is 1. The Kier molecular flexibility index (Phi) is 5.03. The lowest BCUT2D eigenvalue weighted by Crippen LogP contribution is -2.21. The molecular weight excluding hydrogens is 312 g/mol. The van der Waals surface area contributed by atoms with Crippen LogP contribution in [0.2, 0.25) is 5.02 Å². The Balaban J connectivity index is 2.34. The van der Waals surface area contributed by atoms with Crippen molar-refractivity contribution < 1.29 is 14.3 Å². The summed E-state index contributed by atoms with van der Waals surface area (Å²) >= 11 is 11.1. The Labute approximate surface area is 133 Å². The topological polar surface area (TPSA) is 59.6 Å². The summed E-state index contributed by atoms with van der Waals surface area (Å²) in [6.07, 6.45) is 2.51. The normalized spacial score (nSPS) is 15.9. The molecule has 1 aromatic rings. The van der Waals surface area contributed by atoms with E-state index in [0.717, 1.165) is 6.42 Å². The zero-order chi connectivity index (χ0) is 15.4. The average Bonchev–Trinajstić information content (AvgIpc) is 2.75. The maximum atomic E-state index is 11.6. The van der Waals surface area contributed by atoms with Crippen LogP contribution in [-0.4, -0.2) is 24.7 Å². The largest absolute Gasteiger partial charge is 0.493 e. The van der Waals surface area contributed by atoms with Gasteiger partial charge in [-0.15, -0.1) is 0 Å². The van der Waals surface area contributed by atoms with E-state index in [1.54, 1.807) is 18.2 Å². The van der Waals surface area contributed by atoms with Crippen LogP contribution in [0.3, 0.4) is 0 Å². The van der Waals surface area contributed by atoms with Crippen LogP contribution in [0.4, 0.5) is 0 Å². The van der Waals surface area contributed by atoms with Crippen molar-refractivity contribution >= 4 is 40.9 Å². The molecular formula is C14H15ClN2O3S. The van der Waals surface area contributed by atoms with Crippen molar-refractivity contribution in [3.8, 4) is 11.5 Å². The molecule has 1 saturated heterocycles. The van der Waals surface area contributed by atoms with Gasteiger partial charge in [0.2, 0.25) is 0 Å². The molecule has 2 N–H and O–H groups in total. The SMILES string of the molecule is CCCOc1c(Cl)cc(C=C2NC(=S)NC2=O)cc1OC. The number of nitrogens with one attached hydrogen (secondary N) is 2. The fourth-order valence-electron chi connectivity index (χ4n) is 1.82. The van der Waals surface area contributed by atoms with E-state index in [1.807, 2.05) is 6.92 Å². The van der Waals surface area contributed by atoms with Crippen LogP contribution in [0.15, 0.2) is 17.8 Å². The number of hydrogen-bond acceptors (Lipinski definition) is 4. The molecule has 0 atom stereocenters. The van der Waals surface area contributed by atoms with E-state index in [1.165, 1.54) is 7.11 Å². The molecule has 1 fully saturated rings. The van der Waals surface area contributed by atoms with Gasteiger partial charge in [0.15, 0.2) is 16.6 Å². The number of halogens is 1. The van der Waals surface area contributed by atoms with Gasteiger partial charge in [0.1, 0.15) is 5.70 Å². The van der Waals surface area contributed by atoms with Crippen LogP contribution < -0.4 is 20.1 Å². The van der Waals surface area contributed by atoms with Gasteiger partial charge in [-0.1, -0.05) is 18.5 Å². The molecule has 1 amide bonds. The maximum absolute atomic E-state index is 11.6. The van der Waals surface area contributed by atoms with Crippen molar-refractivity contribution in [2.75, 3.05) is 13.7 Å². The summed E-state index contributed by atoms with van der Waals surface area (Å²) in [4.78, 5) is 11.6. The molecule has 0 aliphatic carbocycles. The van der Waals surface area contributed by atoms with Crippen LogP contribution >= 0.6 is 23.8 Å². The summed E-state index contributed by atoms with van der Waals surface area (Å²) in [6, 6.07) is 3.46. The van der Waals surface area contributed by atoms with Gasteiger partial charge >= 0.3 is 0 Å². The van der Waals surface area contributed by atoms with E-state index in [9.17, 15) is 4.79 Å². The number of ether oxygens (including phenoxy) is 2. The monoisotopic (exact) mass is 326 g/mol. The molecule has 2 rings (SSSR count). The molecule has 0 aromatic heterocycles. The number of carbonyl (C=O) groups is 1. The summed E-state index contributed by atoms with van der Waals surface area (Å²) in [7, 11) is 1.54. The zero-order valence-corrected chi connectivity index (χ0v) is 13.2. The first kappa shape index (κ1) is 15.6. The molecule has 0 radical (unpaired) electrons. The highest BCUT2D eigenvalue weighted by atomic mass is 35.5. The molecule has 21 heavy (non-hydrogen) atoms. The van der Waals surface area contributed by atoms with Gasteiger partial charge in [0, 0.05) is 0 Å². The first-order valence-electron chi connectivity index (χ1n) is 6.39. The minimum atomic E-state index is -0.276. The fraction of sp³-hybridized carbons (Fsp3) is 0.286. The number of benzene rings is 1.